The fraction of sp³-hybridized carbons (Fsp3) is 0.286. The zero-order valence-corrected chi connectivity index (χ0v) is 17.9. The van der Waals surface area contributed by atoms with E-state index in [1.165, 1.54) is 18.2 Å². The molecule has 2 aromatic carbocycles. The zero-order valence-electron chi connectivity index (χ0n) is 16.4. The number of rotatable bonds is 2. The number of nitrogens with zero attached hydrogens (tertiary/aromatic N) is 3. The molecule has 0 N–H and O–H groups in total. The molecule has 146 valence electrons. The van der Waals surface area contributed by atoms with E-state index < -0.39 is 17.4 Å². The van der Waals surface area contributed by atoms with Crippen molar-refractivity contribution in [3.8, 4) is 6.19 Å². The zero-order chi connectivity index (χ0) is 21.2. The maximum absolute atomic E-state index is 13.2. The minimum Gasteiger partial charge on any atom is -0.267 e. The summed E-state index contributed by atoms with van der Waals surface area (Å²) in [6, 6.07) is 9.66. The number of nitriles is 1. The first kappa shape index (κ1) is 21.7. The maximum Gasteiger partial charge on any atom is 0.286 e. The van der Waals surface area contributed by atoms with Crippen LogP contribution < -0.4 is 0 Å². The molecule has 0 saturated heterocycles. The summed E-state index contributed by atoms with van der Waals surface area (Å²) >= 11 is 12.0. The van der Waals surface area contributed by atoms with Gasteiger partial charge in [-0.3, -0.25) is 9.59 Å². The molecule has 0 aromatic heterocycles. The third-order valence-corrected chi connectivity index (χ3v) is 4.70. The van der Waals surface area contributed by atoms with E-state index >= 15 is 0 Å². The molecule has 2 amide bonds. The minimum atomic E-state index is -0.866. The van der Waals surface area contributed by atoms with Crippen LogP contribution in [0.5, 0.6) is 0 Å². The monoisotopic (exact) mass is 417 g/mol. The maximum atomic E-state index is 13.2. The van der Waals surface area contributed by atoms with Crippen molar-refractivity contribution in [3.63, 3.8) is 0 Å². The van der Waals surface area contributed by atoms with Gasteiger partial charge in [0.15, 0.2) is 0 Å². The highest BCUT2D eigenvalue weighted by atomic mass is 35.5. The second-order valence-corrected chi connectivity index (χ2v) is 8.28. The normalized spacial score (nSPS) is 10.9. The summed E-state index contributed by atoms with van der Waals surface area (Å²) in [6.07, 6.45) is 1.86. The number of carbonyl (C=O) groups is 2. The lowest BCUT2D eigenvalue weighted by molar-refractivity contribution is -0.0167. The highest BCUT2D eigenvalue weighted by molar-refractivity contribution is 6.35. The van der Waals surface area contributed by atoms with Crippen molar-refractivity contribution in [2.24, 2.45) is 0 Å². The molecule has 0 aliphatic carbocycles. The lowest BCUT2D eigenvalue weighted by Gasteiger charge is -2.39. The van der Waals surface area contributed by atoms with Gasteiger partial charge in [0.25, 0.3) is 11.8 Å². The number of carbonyl (C=O) groups excluding carboxylic acids is 2. The fourth-order valence-corrected chi connectivity index (χ4v) is 3.30. The first-order valence-electron chi connectivity index (χ1n) is 8.58. The molecule has 7 heteroatoms. The molecule has 0 atom stereocenters. The lowest BCUT2D eigenvalue weighted by Crippen LogP contribution is -2.56. The van der Waals surface area contributed by atoms with Crippen molar-refractivity contribution in [1.82, 2.24) is 10.0 Å². The van der Waals surface area contributed by atoms with Gasteiger partial charge in [-0.25, -0.2) is 5.01 Å². The summed E-state index contributed by atoms with van der Waals surface area (Å²) < 4.78 is 0. The van der Waals surface area contributed by atoms with Crippen molar-refractivity contribution in [2.45, 2.75) is 40.2 Å². The SMILES string of the molecule is Cc1cccc(C(=O)N(C#N)N(C(=O)c2cc(Cl)cc(Cl)c2)C(C)(C)C)c1C. The van der Waals surface area contributed by atoms with E-state index in [4.69, 9.17) is 23.2 Å². The van der Waals surface area contributed by atoms with Gasteiger partial charge in [-0.1, -0.05) is 35.3 Å². The summed E-state index contributed by atoms with van der Waals surface area (Å²) in [5, 5.41) is 12.3. The van der Waals surface area contributed by atoms with Crippen LogP contribution in [0.3, 0.4) is 0 Å². The number of benzene rings is 2. The first-order chi connectivity index (χ1) is 13.0. The van der Waals surface area contributed by atoms with Gasteiger partial charge in [0, 0.05) is 21.2 Å². The third-order valence-electron chi connectivity index (χ3n) is 4.26. The van der Waals surface area contributed by atoms with Crippen molar-refractivity contribution < 1.29 is 9.59 Å². The molecule has 0 aliphatic rings. The highest BCUT2D eigenvalue weighted by Crippen LogP contribution is 2.26. The number of aryl methyl sites for hydroxylation is 1. The van der Waals surface area contributed by atoms with Crippen LogP contribution in [0.15, 0.2) is 36.4 Å². The molecule has 5 nitrogen and oxygen atoms in total. The molecule has 0 spiro atoms. The van der Waals surface area contributed by atoms with Gasteiger partial charge in [0.05, 0.1) is 5.54 Å². The molecule has 0 radical (unpaired) electrons. The molecule has 0 saturated carbocycles. The Labute approximate surface area is 175 Å². The van der Waals surface area contributed by atoms with E-state index in [2.05, 4.69) is 0 Å². The van der Waals surface area contributed by atoms with Crippen molar-refractivity contribution >= 4 is 35.0 Å². The number of hydrogen-bond donors (Lipinski definition) is 0. The smallest absolute Gasteiger partial charge is 0.267 e. The van der Waals surface area contributed by atoms with Crippen LogP contribution in [0.2, 0.25) is 10.0 Å². The van der Waals surface area contributed by atoms with Crippen molar-refractivity contribution in [1.29, 1.82) is 5.26 Å². The molecule has 0 fully saturated rings. The standard InChI is InChI=1S/C21H21Cl2N3O2/c1-13-7-6-8-18(14(13)2)20(28)25(12-24)26(21(3,4)5)19(27)15-9-16(22)11-17(23)10-15/h6-11H,1-5H3. The summed E-state index contributed by atoms with van der Waals surface area (Å²) in [6.45, 7) is 8.88. The predicted molar refractivity (Wildman–Crippen MR) is 110 cm³/mol. The predicted octanol–water partition coefficient (Wildman–Crippen LogP) is 5.39. The quantitative estimate of drug-likeness (QED) is 0.373. The Morgan fingerprint density at radius 1 is 1.00 bits per heavy atom. The number of hydrogen-bond acceptors (Lipinski definition) is 3. The largest absolute Gasteiger partial charge is 0.286 e. The van der Waals surface area contributed by atoms with Crippen molar-refractivity contribution in [2.75, 3.05) is 0 Å². The number of hydrazine groups is 1. The van der Waals surface area contributed by atoms with Gasteiger partial charge >= 0.3 is 0 Å². The van der Waals surface area contributed by atoms with Crippen LogP contribution in [0, 0.1) is 25.3 Å². The van der Waals surface area contributed by atoms with E-state index in [0.29, 0.717) is 5.56 Å². The summed E-state index contributed by atoms with van der Waals surface area (Å²) in [5.41, 5.74) is 1.34. The van der Waals surface area contributed by atoms with Crippen LogP contribution >= 0.6 is 23.2 Å². The van der Waals surface area contributed by atoms with Crippen LogP contribution in [-0.4, -0.2) is 27.4 Å². The first-order valence-corrected chi connectivity index (χ1v) is 9.34. The molecule has 28 heavy (non-hydrogen) atoms. The Bertz CT molecular complexity index is 954. The fourth-order valence-electron chi connectivity index (χ4n) is 2.77. The van der Waals surface area contributed by atoms with Gasteiger partial charge in [0.1, 0.15) is 0 Å². The highest BCUT2D eigenvalue weighted by Gasteiger charge is 2.37. The molecule has 0 unspecified atom stereocenters. The average molecular weight is 418 g/mol. The Morgan fingerprint density at radius 2 is 1.57 bits per heavy atom. The van der Waals surface area contributed by atoms with E-state index in [9.17, 15) is 14.9 Å². The van der Waals surface area contributed by atoms with E-state index in [1.807, 2.05) is 19.2 Å². The molecular formula is C21H21Cl2N3O2. The van der Waals surface area contributed by atoms with Gasteiger partial charge in [0.2, 0.25) is 6.19 Å². The average Bonchev–Trinajstić information content (AvgIpc) is 2.59. The van der Waals surface area contributed by atoms with Gasteiger partial charge < -0.3 is 0 Å². The van der Waals surface area contributed by atoms with E-state index in [-0.39, 0.29) is 15.6 Å². The van der Waals surface area contributed by atoms with Crippen LogP contribution in [0.25, 0.3) is 0 Å². The molecule has 2 aromatic rings. The van der Waals surface area contributed by atoms with Crippen molar-refractivity contribution in [3.05, 3.63) is 68.7 Å². The second kappa shape index (κ2) is 8.22. The Hall–Kier alpha value is -2.55. The Kier molecular flexibility index (Phi) is 6.38. The molecular weight excluding hydrogens is 397 g/mol. The molecule has 0 aliphatic heterocycles. The number of amides is 2. The van der Waals surface area contributed by atoms with Gasteiger partial charge in [-0.15, -0.1) is 5.01 Å². The Morgan fingerprint density at radius 3 is 2.07 bits per heavy atom. The molecule has 2 rings (SSSR count). The van der Waals surface area contributed by atoms with Gasteiger partial charge in [-0.05, 0) is 70.0 Å². The van der Waals surface area contributed by atoms with Crippen LogP contribution in [-0.2, 0) is 0 Å². The van der Waals surface area contributed by atoms with E-state index in [1.54, 1.807) is 39.8 Å². The lowest BCUT2D eigenvalue weighted by atomic mass is 10.0. The van der Waals surface area contributed by atoms with Gasteiger partial charge in [-0.2, -0.15) is 5.26 Å². The molecule has 0 bridgehead atoms. The van der Waals surface area contributed by atoms with E-state index in [0.717, 1.165) is 21.1 Å². The number of halogens is 2. The summed E-state index contributed by atoms with van der Waals surface area (Å²) in [4.78, 5) is 26.4. The summed E-state index contributed by atoms with van der Waals surface area (Å²) in [7, 11) is 0. The topological polar surface area (TPSA) is 64.4 Å². The molecule has 0 heterocycles. The van der Waals surface area contributed by atoms with Crippen LogP contribution in [0.4, 0.5) is 0 Å². The minimum absolute atomic E-state index is 0.182. The summed E-state index contributed by atoms with van der Waals surface area (Å²) in [5.74, 6) is -1.14. The Balaban J connectivity index is 2.57. The third kappa shape index (κ3) is 4.46. The van der Waals surface area contributed by atoms with Crippen LogP contribution in [0.1, 0.15) is 52.6 Å². The second-order valence-electron chi connectivity index (χ2n) is 7.41.